The predicted molar refractivity (Wildman–Crippen MR) is 118 cm³/mol. The zero-order valence-corrected chi connectivity index (χ0v) is 17.3. The topological polar surface area (TPSA) is 55.8 Å². The number of imide groups is 1. The van der Waals surface area contributed by atoms with E-state index < -0.39 is 0 Å². The van der Waals surface area contributed by atoms with Crippen molar-refractivity contribution in [2.75, 3.05) is 19.1 Å². The minimum atomic E-state index is -0.375. The molecule has 4 rings (SSSR count). The van der Waals surface area contributed by atoms with Gasteiger partial charge in [0.1, 0.15) is 11.5 Å². The molecule has 150 valence electrons. The molecule has 5 nitrogen and oxygen atoms in total. The zero-order chi connectivity index (χ0) is 21.1. The molecule has 1 aliphatic heterocycles. The number of carbonyl (C=O) groups excluding carboxylic acids is 2. The van der Waals surface area contributed by atoms with E-state index in [-0.39, 0.29) is 11.8 Å². The lowest BCUT2D eigenvalue weighted by Crippen LogP contribution is -2.31. The van der Waals surface area contributed by atoms with Crippen molar-refractivity contribution in [1.29, 1.82) is 0 Å². The van der Waals surface area contributed by atoms with Gasteiger partial charge in [-0.3, -0.25) is 9.59 Å². The minimum absolute atomic E-state index is 0.372. The standard InChI is InChI=1S/C24H19NO4S/c1-28-18-13-17(14-19(15-18)29-2)25-23(26)21(16-9-5-3-6-10-16)22(24(25)27)30-20-11-7-4-8-12-20/h3-15H,1-2H3. The van der Waals surface area contributed by atoms with Crippen LogP contribution in [0.5, 0.6) is 11.5 Å². The van der Waals surface area contributed by atoms with Crippen LogP contribution in [0.3, 0.4) is 0 Å². The highest BCUT2D eigenvalue weighted by Crippen LogP contribution is 2.42. The second-order valence-corrected chi connectivity index (χ2v) is 7.59. The molecule has 6 heteroatoms. The summed E-state index contributed by atoms with van der Waals surface area (Å²) in [5.41, 5.74) is 1.49. The van der Waals surface area contributed by atoms with E-state index in [4.69, 9.17) is 9.47 Å². The summed E-state index contributed by atoms with van der Waals surface area (Å²) in [6.45, 7) is 0. The number of hydrogen-bond acceptors (Lipinski definition) is 5. The number of benzene rings is 3. The second-order valence-electron chi connectivity index (χ2n) is 6.50. The number of carbonyl (C=O) groups is 2. The van der Waals surface area contributed by atoms with Crippen LogP contribution in [0.4, 0.5) is 5.69 Å². The summed E-state index contributed by atoms with van der Waals surface area (Å²) in [4.78, 5) is 29.4. The van der Waals surface area contributed by atoms with Gasteiger partial charge < -0.3 is 9.47 Å². The molecule has 0 saturated heterocycles. The summed E-state index contributed by atoms with van der Waals surface area (Å²) in [6.07, 6.45) is 0. The maximum absolute atomic E-state index is 13.5. The first kappa shape index (κ1) is 19.8. The third-order valence-electron chi connectivity index (χ3n) is 4.66. The summed E-state index contributed by atoms with van der Waals surface area (Å²) in [5, 5.41) is 0. The first-order chi connectivity index (χ1) is 14.6. The average Bonchev–Trinajstić information content (AvgIpc) is 3.03. The fraction of sp³-hybridized carbons (Fsp3) is 0.0833. The summed E-state index contributed by atoms with van der Waals surface area (Å²) in [7, 11) is 3.05. The van der Waals surface area contributed by atoms with E-state index in [0.29, 0.717) is 33.2 Å². The molecular weight excluding hydrogens is 398 g/mol. The van der Waals surface area contributed by atoms with Crippen LogP contribution in [0.25, 0.3) is 5.57 Å². The van der Waals surface area contributed by atoms with E-state index in [9.17, 15) is 9.59 Å². The molecule has 0 spiro atoms. The molecule has 1 heterocycles. The lowest BCUT2D eigenvalue weighted by Gasteiger charge is -2.17. The monoisotopic (exact) mass is 417 g/mol. The molecule has 0 fully saturated rings. The molecule has 0 aliphatic carbocycles. The quantitative estimate of drug-likeness (QED) is 0.540. The van der Waals surface area contributed by atoms with Crippen molar-refractivity contribution in [3.05, 3.63) is 89.3 Å². The summed E-state index contributed by atoms with van der Waals surface area (Å²) < 4.78 is 10.6. The number of rotatable bonds is 6. The van der Waals surface area contributed by atoms with Crippen LogP contribution in [-0.4, -0.2) is 26.0 Å². The van der Waals surface area contributed by atoms with Crippen molar-refractivity contribution in [1.82, 2.24) is 0 Å². The van der Waals surface area contributed by atoms with Crippen molar-refractivity contribution in [3.8, 4) is 11.5 Å². The highest BCUT2D eigenvalue weighted by molar-refractivity contribution is 8.04. The Kier molecular flexibility index (Phi) is 5.59. The molecule has 0 N–H and O–H groups in total. The number of methoxy groups -OCH3 is 2. The number of nitrogens with zero attached hydrogens (tertiary/aromatic N) is 1. The molecule has 0 aromatic heterocycles. The van der Waals surface area contributed by atoms with Crippen molar-refractivity contribution in [2.45, 2.75) is 4.90 Å². The van der Waals surface area contributed by atoms with Gasteiger partial charge in [0.05, 0.1) is 30.4 Å². The van der Waals surface area contributed by atoms with Crippen molar-refractivity contribution >= 4 is 34.8 Å². The summed E-state index contributed by atoms with van der Waals surface area (Å²) in [5.74, 6) is 0.244. The van der Waals surface area contributed by atoms with Gasteiger partial charge in [0, 0.05) is 23.1 Å². The largest absolute Gasteiger partial charge is 0.497 e. The second kappa shape index (κ2) is 8.47. The molecule has 3 aromatic carbocycles. The normalized spacial score (nSPS) is 13.7. The Bertz CT molecular complexity index is 1100. The van der Waals surface area contributed by atoms with Gasteiger partial charge in [0.2, 0.25) is 0 Å². The molecule has 2 amide bonds. The molecule has 1 aliphatic rings. The fourth-order valence-corrected chi connectivity index (χ4v) is 4.24. The van der Waals surface area contributed by atoms with Crippen LogP contribution in [0.1, 0.15) is 5.56 Å². The summed E-state index contributed by atoms with van der Waals surface area (Å²) in [6, 6.07) is 23.8. The van der Waals surface area contributed by atoms with Crippen LogP contribution >= 0.6 is 11.8 Å². The van der Waals surface area contributed by atoms with E-state index in [1.54, 1.807) is 18.2 Å². The summed E-state index contributed by atoms with van der Waals surface area (Å²) >= 11 is 1.29. The number of anilines is 1. The molecule has 0 saturated carbocycles. The van der Waals surface area contributed by atoms with Crippen molar-refractivity contribution in [3.63, 3.8) is 0 Å². The first-order valence-electron chi connectivity index (χ1n) is 9.27. The van der Waals surface area contributed by atoms with Gasteiger partial charge in [-0.25, -0.2) is 4.90 Å². The third kappa shape index (κ3) is 3.69. The predicted octanol–water partition coefficient (Wildman–Crippen LogP) is 4.78. The Morgan fingerprint density at radius 2 is 1.30 bits per heavy atom. The highest BCUT2D eigenvalue weighted by Gasteiger charge is 2.40. The zero-order valence-electron chi connectivity index (χ0n) is 16.5. The van der Waals surface area contributed by atoms with Crippen LogP contribution in [0, 0.1) is 0 Å². The highest BCUT2D eigenvalue weighted by atomic mass is 32.2. The maximum Gasteiger partial charge on any atom is 0.272 e. The maximum atomic E-state index is 13.5. The van der Waals surface area contributed by atoms with E-state index in [0.717, 1.165) is 4.90 Å². The molecule has 0 atom stereocenters. The van der Waals surface area contributed by atoms with Crippen LogP contribution in [0.15, 0.2) is 88.7 Å². The Labute approximate surface area is 178 Å². The fourth-order valence-electron chi connectivity index (χ4n) is 3.23. The molecule has 0 bridgehead atoms. The van der Waals surface area contributed by atoms with Gasteiger partial charge >= 0.3 is 0 Å². The van der Waals surface area contributed by atoms with Gasteiger partial charge in [0.15, 0.2) is 0 Å². The van der Waals surface area contributed by atoms with E-state index in [1.165, 1.54) is 30.9 Å². The van der Waals surface area contributed by atoms with Gasteiger partial charge in [-0.15, -0.1) is 0 Å². The minimum Gasteiger partial charge on any atom is -0.497 e. The van der Waals surface area contributed by atoms with Gasteiger partial charge in [-0.1, -0.05) is 60.3 Å². The Balaban J connectivity index is 1.82. The van der Waals surface area contributed by atoms with Crippen molar-refractivity contribution in [2.24, 2.45) is 0 Å². The van der Waals surface area contributed by atoms with E-state index >= 15 is 0 Å². The Morgan fingerprint density at radius 3 is 1.87 bits per heavy atom. The van der Waals surface area contributed by atoms with Crippen LogP contribution in [-0.2, 0) is 9.59 Å². The smallest absolute Gasteiger partial charge is 0.272 e. The van der Waals surface area contributed by atoms with Gasteiger partial charge in [-0.2, -0.15) is 0 Å². The van der Waals surface area contributed by atoms with Crippen LogP contribution in [0.2, 0.25) is 0 Å². The molecular formula is C24H19NO4S. The molecule has 3 aromatic rings. The van der Waals surface area contributed by atoms with Crippen molar-refractivity contribution < 1.29 is 19.1 Å². The first-order valence-corrected chi connectivity index (χ1v) is 10.1. The lowest BCUT2D eigenvalue weighted by atomic mass is 10.1. The van der Waals surface area contributed by atoms with E-state index in [1.807, 2.05) is 60.7 Å². The molecule has 0 radical (unpaired) electrons. The van der Waals surface area contributed by atoms with Crippen LogP contribution < -0.4 is 14.4 Å². The number of thioether (sulfide) groups is 1. The van der Waals surface area contributed by atoms with Gasteiger partial charge in [-0.05, 0) is 17.7 Å². The SMILES string of the molecule is COc1cc(OC)cc(N2C(=O)C(Sc3ccccc3)=C(c3ccccc3)C2=O)c1. The van der Waals surface area contributed by atoms with Gasteiger partial charge in [0.25, 0.3) is 11.8 Å². The Morgan fingerprint density at radius 1 is 0.733 bits per heavy atom. The lowest BCUT2D eigenvalue weighted by molar-refractivity contribution is -0.119. The number of amides is 2. The number of ether oxygens (including phenoxy) is 2. The van der Waals surface area contributed by atoms with E-state index in [2.05, 4.69) is 0 Å². The molecule has 0 unspecified atom stereocenters. The third-order valence-corrected chi connectivity index (χ3v) is 5.75. The Hall–Kier alpha value is -3.51. The number of hydrogen-bond donors (Lipinski definition) is 0. The molecule has 30 heavy (non-hydrogen) atoms. The average molecular weight is 417 g/mol.